The summed E-state index contributed by atoms with van der Waals surface area (Å²) in [7, 11) is 4.45. The van der Waals surface area contributed by atoms with E-state index in [1.165, 1.54) is 5.39 Å². The van der Waals surface area contributed by atoms with Crippen LogP contribution in [0, 0.1) is 0 Å². The number of halogens is 2. The van der Waals surface area contributed by atoms with E-state index < -0.39 is 0 Å². The monoisotopic (exact) mass is 601 g/mol. The van der Waals surface area contributed by atoms with Crippen molar-refractivity contribution in [1.29, 1.82) is 0 Å². The van der Waals surface area contributed by atoms with Gasteiger partial charge in [0.15, 0.2) is 0 Å². The van der Waals surface area contributed by atoms with Crippen LogP contribution in [0.25, 0.3) is 10.8 Å². The zero-order valence-electron chi connectivity index (χ0n) is 7.58. The van der Waals surface area contributed by atoms with Crippen LogP contribution in [0.1, 0.15) is 0 Å². The van der Waals surface area contributed by atoms with Gasteiger partial charge in [-0.05, 0) is 21.6 Å². The van der Waals surface area contributed by atoms with Crippen molar-refractivity contribution in [3.63, 3.8) is 0 Å². The molecule has 0 aliphatic heterocycles. The van der Waals surface area contributed by atoms with Crippen LogP contribution >= 0.6 is 25.1 Å². The van der Waals surface area contributed by atoms with Crippen LogP contribution in [0.15, 0.2) is 42.5 Å². The van der Waals surface area contributed by atoms with Gasteiger partial charge in [-0.3, -0.25) is 0 Å². The van der Waals surface area contributed by atoms with Gasteiger partial charge in [-0.2, -0.15) is 0 Å². The fourth-order valence-electron chi connectivity index (χ4n) is 1.25. The molecule has 1 nitrogen and oxygen atoms in total. The van der Waals surface area contributed by atoms with Gasteiger partial charge in [-0.1, -0.05) is 36.4 Å². The molecule has 76 valence electrons. The molecule has 0 spiro atoms. The number of nitrogens with two attached hydrogens (primary N) is 1. The molecule has 0 aromatic heterocycles. The summed E-state index contributed by atoms with van der Waals surface area (Å²) in [5, 5.41) is 2.34. The SMILES string of the molecule is ClBr.Nc1cccc2ccccc12.[CsH].[PbH2]. The number of benzene rings is 2. The number of anilines is 1. The fourth-order valence-corrected chi connectivity index (χ4v) is 1.25. The summed E-state index contributed by atoms with van der Waals surface area (Å²) in [6.07, 6.45) is 0. The Hall–Kier alpha value is 2.24. The molecule has 0 aliphatic carbocycles. The van der Waals surface area contributed by atoms with E-state index >= 15 is 0 Å². The first-order valence-corrected chi connectivity index (χ1v) is 5.84. The van der Waals surface area contributed by atoms with E-state index in [4.69, 9.17) is 5.73 Å². The summed E-state index contributed by atoms with van der Waals surface area (Å²) in [6.45, 7) is 0. The van der Waals surface area contributed by atoms with E-state index in [2.05, 4.69) is 37.3 Å². The molecule has 15 heavy (non-hydrogen) atoms. The molecule has 2 N–H and O–H groups in total. The molecule has 0 amide bonds. The molecule has 2 radical (unpaired) electrons. The van der Waals surface area contributed by atoms with Crippen molar-refractivity contribution in [2.24, 2.45) is 0 Å². The Morgan fingerprint density at radius 3 is 2.07 bits per heavy atom. The van der Waals surface area contributed by atoms with Crippen LogP contribution in [-0.4, -0.2) is 96.2 Å². The van der Waals surface area contributed by atoms with Gasteiger partial charge in [0, 0.05) is 26.1 Å². The maximum absolute atomic E-state index is 5.76. The normalized spacial score (nSPS) is 7.87. The first kappa shape index (κ1) is 19.6. The molecule has 0 bridgehead atoms. The molecule has 0 fully saturated rings. The molecule has 0 unspecified atom stereocenters. The number of nitrogen functional groups attached to an aromatic ring is 1. The van der Waals surface area contributed by atoms with Crippen molar-refractivity contribution in [3.05, 3.63) is 42.5 Å². The maximum atomic E-state index is 5.76. The van der Waals surface area contributed by atoms with Gasteiger partial charge in [-0.15, -0.1) is 0 Å². The third-order valence-corrected chi connectivity index (χ3v) is 1.82. The fraction of sp³-hybridized carbons (Fsp3) is 0. The van der Waals surface area contributed by atoms with Crippen molar-refractivity contribution >= 4 is 138 Å². The third-order valence-electron chi connectivity index (χ3n) is 1.82. The van der Waals surface area contributed by atoms with Crippen LogP contribution in [0.4, 0.5) is 5.69 Å². The number of hydrogen-bond acceptors (Lipinski definition) is 1. The van der Waals surface area contributed by atoms with E-state index in [-0.39, 0.29) is 96.2 Å². The second-order valence-electron chi connectivity index (χ2n) is 2.57. The minimum absolute atomic E-state index is 0. The molecular weight excluding hydrogens is 590 g/mol. The molecule has 2 rings (SSSR count). The van der Waals surface area contributed by atoms with Crippen LogP contribution in [-0.2, 0) is 0 Å². The second-order valence-corrected chi connectivity index (χ2v) is 2.57. The summed E-state index contributed by atoms with van der Waals surface area (Å²) in [5.74, 6) is 0. The minimum atomic E-state index is 0. The van der Waals surface area contributed by atoms with Gasteiger partial charge in [0.25, 0.3) is 0 Å². The quantitative estimate of drug-likeness (QED) is 0.365. The summed E-state index contributed by atoms with van der Waals surface area (Å²) in [6, 6.07) is 14.1. The van der Waals surface area contributed by atoms with Crippen LogP contribution in [0.5, 0.6) is 0 Å². The Labute approximate surface area is 181 Å². The summed E-state index contributed by atoms with van der Waals surface area (Å²) < 4.78 is 0. The topological polar surface area (TPSA) is 26.0 Å². The summed E-state index contributed by atoms with van der Waals surface area (Å²) in [5.41, 5.74) is 6.61. The Balaban J connectivity index is 0. The molecule has 0 heterocycles. The predicted octanol–water partition coefficient (Wildman–Crippen LogP) is 2.39. The molecule has 5 heteroatoms. The summed E-state index contributed by atoms with van der Waals surface area (Å²) >= 11 is 2.41. The van der Waals surface area contributed by atoms with Gasteiger partial charge >= 0.3 is 96.2 Å². The van der Waals surface area contributed by atoms with Crippen molar-refractivity contribution < 1.29 is 0 Å². The zero-order valence-corrected chi connectivity index (χ0v) is 15.4. The van der Waals surface area contributed by atoms with Crippen molar-refractivity contribution in [3.8, 4) is 0 Å². The molecular formula is C10H12BrClCsNPb. The second kappa shape index (κ2) is 11.3. The van der Waals surface area contributed by atoms with E-state index in [9.17, 15) is 0 Å². The van der Waals surface area contributed by atoms with Crippen molar-refractivity contribution in [2.75, 3.05) is 5.73 Å². The van der Waals surface area contributed by atoms with Gasteiger partial charge in [0.05, 0.1) is 0 Å². The van der Waals surface area contributed by atoms with Gasteiger partial charge in [0.2, 0.25) is 0 Å². The Kier molecular flexibility index (Phi) is 14.8. The van der Waals surface area contributed by atoms with Gasteiger partial charge in [0.1, 0.15) is 0 Å². The molecule has 0 aliphatic rings. The molecule has 0 saturated carbocycles. The Morgan fingerprint density at radius 1 is 0.933 bits per heavy atom. The van der Waals surface area contributed by atoms with Crippen LogP contribution < -0.4 is 5.73 Å². The van der Waals surface area contributed by atoms with Crippen LogP contribution in [0.2, 0.25) is 0 Å². The number of fused-ring (bicyclic) bond motifs is 1. The van der Waals surface area contributed by atoms with Gasteiger partial charge in [-0.25, -0.2) is 0 Å². The molecule has 0 saturated heterocycles. The average Bonchev–Trinajstić information content (AvgIpc) is 2.22. The van der Waals surface area contributed by atoms with E-state index in [0.29, 0.717) is 0 Å². The first-order chi connectivity index (χ1) is 6.38. The number of hydrogen-bond donors (Lipinski definition) is 1. The Bertz CT molecular complexity index is 395. The average molecular weight is 602 g/mol. The van der Waals surface area contributed by atoms with Crippen LogP contribution in [0.3, 0.4) is 0 Å². The first-order valence-electron chi connectivity index (χ1n) is 3.75. The van der Waals surface area contributed by atoms with E-state index in [1.807, 2.05) is 30.3 Å². The van der Waals surface area contributed by atoms with E-state index in [1.54, 1.807) is 0 Å². The molecule has 0 atom stereocenters. The number of rotatable bonds is 0. The summed E-state index contributed by atoms with van der Waals surface area (Å²) in [4.78, 5) is 0. The van der Waals surface area contributed by atoms with E-state index in [0.717, 1.165) is 11.1 Å². The Morgan fingerprint density at radius 2 is 1.47 bits per heavy atom. The standard InChI is InChI=1S/C10H9N.BrCl.Cs.Pb.3H/c11-10-7-3-5-8-4-1-2-6-9(8)10;1-2;;;;;/h1-7H,11H2;;;;;;. The molecule has 2 aromatic rings. The van der Waals surface area contributed by atoms with Crippen molar-refractivity contribution in [2.45, 2.75) is 0 Å². The third kappa shape index (κ3) is 6.10. The van der Waals surface area contributed by atoms with Gasteiger partial charge < -0.3 is 5.73 Å². The predicted molar refractivity (Wildman–Crippen MR) is 78.8 cm³/mol. The van der Waals surface area contributed by atoms with Crippen molar-refractivity contribution in [1.82, 2.24) is 0 Å². The molecule has 2 aromatic carbocycles. The zero-order chi connectivity index (χ0) is 9.68.